The molecular weight excluding hydrogens is 232 g/mol. The Labute approximate surface area is 107 Å². The van der Waals surface area contributed by atoms with Crippen molar-refractivity contribution in [2.75, 3.05) is 13.1 Å². The minimum Gasteiger partial charge on any atom is -0.316 e. The molecule has 1 fully saturated rings. The lowest BCUT2D eigenvalue weighted by molar-refractivity contribution is 0.285. The standard InChI is InChI=1S/C14H17ClN2/c15-14-5-4-11(8-17-14)12-3-1-2-10-6-7-16-9-13(10)12/h3-5,8,10,13,16H,1-2,6-7,9H2. The molecule has 0 bridgehead atoms. The number of allylic oxidation sites excluding steroid dienone is 1. The van der Waals surface area contributed by atoms with E-state index in [4.69, 9.17) is 11.6 Å². The van der Waals surface area contributed by atoms with Crippen LogP contribution in [0.1, 0.15) is 24.8 Å². The third-order valence-corrected chi connectivity index (χ3v) is 4.21. The van der Waals surface area contributed by atoms with Gasteiger partial charge in [-0.25, -0.2) is 4.98 Å². The fraction of sp³-hybridized carbons (Fsp3) is 0.500. The summed E-state index contributed by atoms with van der Waals surface area (Å²) in [4.78, 5) is 4.20. The lowest BCUT2D eigenvalue weighted by atomic mass is 9.73. The fourth-order valence-corrected chi connectivity index (χ4v) is 3.22. The van der Waals surface area contributed by atoms with Crippen molar-refractivity contribution >= 4 is 17.2 Å². The van der Waals surface area contributed by atoms with E-state index >= 15 is 0 Å². The van der Waals surface area contributed by atoms with Gasteiger partial charge in [-0.1, -0.05) is 23.7 Å². The lowest BCUT2D eigenvalue weighted by Gasteiger charge is -2.37. The highest BCUT2D eigenvalue weighted by Gasteiger charge is 2.30. The maximum atomic E-state index is 5.85. The number of hydrogen-bond acceptors (Lipinski definition) is 2. The molecule has 0 spiro atoms. The molecule has 2 nitrogen and oxygen atoms in total. The van der Waals surface area contributed by atoms with Crippen LogP contribution in [-0.2, 0) is 0 Å². The number of fused-ring (bicyclic) bond motifs is 1. The lowest BCUT2D eigenvalue weighted by Crippen LogP contribution is -2.38. The Hall–Kier alpha value is -0.860. The van der Waals surface area contributed by atoms with Gasteiger partial charge in [0.25, 0.3) is 0 Å². The third kappa shape index (κ3) is 2.24. The Morgan fingerprint density at radius 1 is 1.29 bits per heavy atom. The molecule has 0 radical (unpaired) electrons. The largest absolute Gasteiger partial charge is 0.316 e. The minimum atomic E-state index is 0.573. The van der Waals surface area contributed by atoms with E-state index < -0.39 is 0 Å². The summed E-state index contributed by atoms with van der Waals surface area (Å²) in [6.07, 6.45) is 8.16. The van der Waals surface area contributed by atoms with Crippen LogP contribution in [0.5, 0.6) is 0 Å². The van der Waals surface area contributed by atoms with Crippen molar-refractivity contribution in [3.05, 3.63) is 35.1 Å². The minimum absolute atomic E-state index is 0.573. The molecule has 0 saturated carbocycles. The van der Waals surface area contributed by atoms with Gasteiger partial charge < -0.3 is 5.32 Å². The molecule has 1 aliphatic carbocycles. The second-order valence-corrected chi connectivity index (χ2v) is 5.35. The summed E-state index contributed by atoms with van der Waals surface area (Å²) in [5.41, 5.74) is 2.71. The van der Waals surface area contributed by atoms with Crippen LogP contribution in [0.15, 0.2) is 24.4 Å². The van der Waals surface area contributed by atoms with E-state index in [1.807, 2.05) is 12.3 Å². The van der Waals surface area contributed by atoms with Crippen molar-refractivity contribution in [3.8, 4) is 0 Å². The molecule has 1 saturated heterocycles. The molecule has 0 aromatic carbocycles. The zero-order valence-electron chi connectivity index (χ0n) is 9.82. The smallest absolute Gasteiger partial charge is 0.129 e. The zero-order valence-corrected chi connectivity index (χ0v) is 10.6. The van der Waals surface area contributed by atoms with Crippen molar-refractivity contribution < 1.29 is 0 Å². The van der Waals surface area contributed by atoms with Crippen LogP contribution < -0.4 is 5.32 Å². The molecule has 17 heavy (non-hydrogen) atoms. The van der Waals surface area contributed by atoms with Gasteiger partial charge in [0.05, 0.1) is 0 Å². The normalized spacial score (nSPS) is 28.4. The van der Waals surface area contributed by atoms with E-state index in [0.29, 0.717) is 11.1 Å². The highest BCUT2D eigenvalue weighted by Crippen LogP contribution is 2.39. The average Bonchev–Trinajstić information content (AvgIpc) is 2.39. The molecule has 1 N–H and O–H groups in total. The van der Waals surface area contributed by atoms with Gasteiger partial charge >= 0.3 is 0 Å². The van der Waals surface area contributed by atoms with E-state index in [0.717, 1.165) is 12.5 Å². The van der Waals surface area contributed by atoms with E-state index in [9.17, 15) is 0 Å². The number of nitrogens with one attached hydrogen (secondary N) is 1. The van der Waals surface area contributed by atoms with Crippen LogP contribution in [0.4, 0.5) is 0 Å². The summed E-state index contributed by atoms with van der Waals surface area (Å²) in [5, 5.41) is 4.08. The van der Waals surface area contributed by atoms with Gasteiger partial charge in [-0.3, -0.25) is 0 Å². The summed E-state index contributed by atoms with van der Waals surface area (Å²) in [5.74, 6) is 1.52. The first-order valence-corrected chi connectivity index (χ1v) is 6.75. The van der Waals surface area contributed by atoms with Crippen LogP contribution >= 0.6 is 11.6 Å². The first-order chi connectivity index (χ1) is 8.34. The Morgan fingerprint density at radius 3 is 3.06 bits per heavy atom. The topological polar surface area (TPSA) is 24.9 Å². The number of halogens is 1. The summed E-state index contributed by atoms with van der Waals surface area (Å²) in [7, 11) is 0. The molecule has 1 aromatic heterocycles. The van der Waals surface area contributed by atoms with Crippen LogP contribution in [0, 0.1) is 11.8 Å². The summed E-state index contributed by atoms with van der Waals surface area (Å²) < 4.78 is 0. The van der Waals surface area contributed by atoms with E-state index in [1.54, 1.807) is 0 Å². The predicted octanol–water partition coefficient (Wildman–Crippen LogP) is 3.14. The van der Waals surface area contributed by atoms with E-state index in [1.165, 1.54) is 36.9 Å². The molecule has 2 atom stereocenters. The molecule has 90 valence electrons. The van der Waals surface area contributed by atoms with Crippen molar-refractivity contribution in [1.82, 2.24) is 10.3 Å². The molecular formula is C14H17ClN2. The van der Waals surface area contributed by atoms with Gasteiger partial charge in [0, 0.05) is 12.7 Å². The van der Waals surface area contributed by atoms with Gasteiger partial charge in [-0.2, -0.15) is 0 Å². The number of hydrogen-bond donors (Lipinski definition) is 1. The Bertz CT molecular complexity index is 424. The summed E-state index contributed by atoms with van der Waals surface area (Å²) in [6.45, 7) is 2.28. The van der Waals surface area contributed by atoms with Crippen molar-refractivity contribution in [2.24, 2.45) is 11.8 Å². The van der Waals surface area contributed by atoms with Crippen LogP contribution in [-0.4, -0.2) is 18.1 Å². The van der Waals surface area contributed by atoms with Gasteiger partial charge in [0.15, 0.2) is 0 Å². The number of pyridine rings is 1. The number of aromatic nitrogens is 1. The molecule has 2 aliphatic rings. The van der Waals surface area contributed by atoms with Gasteiger partial charge in [-0.05, 0) is 54.8 Å². The molecule has 3 heteroatoms. The van der Waals surface area contributed by atoms with Crippen molar-refractivity contribution in [2.45, 2.75) is 19.3 Å². The highest BCUT2D eigenvalue weighted by atomic mass is 35.5. The number of rotatable bonds is 1. The molecule has 1 aliphatic heterocycles. The first-order valence-electron chi connectivity index (χ1n) is 6.37. The molecule has 0 amide bonds. The molecule has 2 unspecified atom stereocenters. The zero-order chi connectivity index (χ0) is 11.7. The van der Waals surface area contributed by atoms with Gasteiger partial charge in [-0.15, -0.1) is 0 Å². The molecule has 3 rings (SSSR count). The second kappa shape index (κ2) is 4.79. The fourth-order valence-electron chi connectivity index (χ4n) is 3.11. The van der Waals surface area contributed by atoms with Gasteiger partial charge in [0.2, 0.25) is 0 Å². The summed E-state index contributed by atoms with van der Waals surface area (Å²) in [6, 6.07) is 3.98. The first kappa shape index (κ1) is 11.2. The van der Waals surface area contributed by atoms with E-state index in [2.05, 4.69) is 22.4 Å². The maximum absolute atomic E-state index is 5.85. The summed E-state index contributed by atoms with van der Waals surface area (Å²) >= 11 is 5.85. The van der Waals surface area contributed by atoms with Gasteiger partial charge in [0.1, 0.15) is 5.15 Å². The molecule has 1 aromatic rings. The monoisotopic (exact) mass is 248 g/mol. The third-order valence-electron chi connectivity index (χ3n) is 3.99. The predicted molar refractivity (Wildman–Crippen MR) is 70.9 cm³/mol. The van der Waals surface area contributed by atoms with Crippen LogP contribution in [0.2, 0.25) is 5.15 Å². The highest BCUT2D eigenvalue weighted by molar-refractivity contribution is 6.29. The van der Waals surface area contributed by atoms with Crippen LogP contribution in [0.25, 0.3) is 5.57 Å². The van der Waals surface area contributed by atoms with E-state index in [-0.39, 0.29) is 0 Å². The Kier molecular flexibility index (Phi) is 3.17. The quantitative estimate of drug-likeness (QED) is 0.773. The number of piperidine rings is 1. The second-order valence-electron chi connectivity index (χ2n) is 4.97. The number of nitrogens with zero attached hydrogens (tertiary/aromatic N) is 1. The Balaban J connectivity index is 1.90. The van der Waals surface area contributed by atoms with Crippen LogP contribution in [0.3, 0.4) is 0 Å². The van der Waals surface area contributed by atoms with Crippen molar-refractivity contribution in [1.29, 1.82) is 0 Å². The Morgan fingerprint density at radius 2 is 2.24 bits per heavy atom. The average molecular weight is 249 g/mol. The maximum Gasteiger partial charge on any atom is 0.129 e. The molecule has 2 heterocycles. The van der Waals surface area contributed by atoms with Crippen molar-refractivity contribution in [3.63, 3.8) is 0 Å². The SMILES string of the molecule is Clc1ccc(C2=CCCC3CCNCC23)cn1.